The van der Waals surface area contributed by atoms with E-state index in [-0.39, 0.29) is 7.92 Å². The number of hydrogen-bond acceptors (Lipinski definition) is 2. The van der Waals surface area contributed by atoms with Gasteiger partial charge in [-0.25, -0.2) is 0 Å². The van der Waals surface area contributed by atoms with Gasteiger partial charge in [-0.05, 0) is 24.9 Å². The molecule has 0 aliphatic heterocycles. The summed E-state index contributed by atoms with van der Waals surface area (Å²) >= 11 is 1.72. The summed E-state index contributed by atoms with van der Waals surface area (Å²) in [5.74, 6) is 0. The Kier molecular flexibility index (Phi) is 5.85. The molecular formula is C7H14NPS. The van der Waals surface area contributed by atoms with Gasteiger partial charge in [0.15, 0.2) is 0 Å². The van der Waals surface area contributed by atoms with Crippen LogP contribution in [0.5, 0.6) is 0 Å². The Morgan fingerprint density at radius 2 is 2.10 bits per heavy atom. The zero-order valence-electron chi connectivity index (χ0n) is 6.50. The highest BCUT2D eigenvalue weighted by atomic mass is 32.2. The third-order valence-corrected chi connectivity index (χ3v) is 4.26. The predicted octanol–water partition coefficient (Wildman–Crippen LogP) is 2.62. The summed E-state index contributed by atoms with van der Waals surface area (Å²) in [5.41, 5.74) is 0. The smallest absolute Gasteiger partial charge is 0.0947 e. The van der Waals surface area contributed by atoms with Gasteiger partial charge in [0, 0.05) is 0 Å². The second kappa shape index (κ2) is 5.82. The van der Waals surface area contributed by atoms with Crippen LogP contribution in [-0.4, -0.2) is 18.4 Å². The number of rotatable bonds is 5. The maximum atomic E-state index is 3.66. The molecule has 58 valence electrons. The predicted molar refractivity (Wildman–Crippen MR) is 53.7 cm³/mol. The SMILES string of the molecule is C=CNC(SC=C)P(C)C. The van der Waals surface area contributed by atoms with Crippen LogP contribution >= 0.6 is 19.7 Å². The quantitative estimate of drug-likeness (QED) is 0.509. The Labute approximate surface area is 68.7 Å². The average Bonchev–Trinajstić information content (AvgIpc) is 1.87. The molecule has 0 aliphatic carbocycles. The molecule has 0 fully saturated rings. The summed E-state index contributed by atoms with van der Waals surface area (Å²) in [7, 11) is 0.0337. The Bertz CT molecular complexity index is 104. The first-order chi connectivity index (χ1) is 4.72. The van der Waals surface area contributed by atoms with E-state index >= 15 is 0 Å². The van der Waals surface area contributed by atoms with Crippen molar-refractivity contribution in [3.05, 3.63) is 24.8 Å². The van der Waals surface area contributed by atoms with Gasteiger partial charge in [0.25, 0.3) is 0 Å². The zero-order chi connectivity index (χ0) is 7.98. The van der Waals surface area contributed by atoms with Gasteiger partial charge in [0.2, 0.25) is 0 Å². The fourth-order valence-electron chi connectivity index (χ4n) is 0.502. The molecule has 0 heterocycles. The van der Waals surface area contributed by atoms with Crippen LogP contribution in [0.2, 0.25) is 0 Å². The lowest BCUT2D eigenvalue weighted by molar-refractivity contribution is 1.00. The fourth-order valence-corrected chi connectivity index (χ4v) is 2.49. The van der Waals surface area contributed by atoms with Crippen LogP contribution in [0.1, 0.15) is 0 Å². The van der Waals surface area contributed by atoms with Crippen LogP contribution in [0.3, 0.4) is 0 Å². The van der Waals surface area contributed by atoms with Gasteiger partial charge in [0.05, 0.1) is 5.11 Å². The molecular weight excluding hydrogens is 161 g/mol. The summed E-state index contributed by atoms with van der Waals surface area (Å²) in [4.78, 5) is 0. The summed E-state index contributed by atoms with van der Waals surface area (Å²) in [6, 6.07) is 0. The molecule has 0 aromatic carbocycles. The second-order valence-corrected chi connectivity index (χ2v) is 5.86. The van der Waals surface area contributed by atoms with E-state index < -0.39 is 0 Å². The van der Waals surface area contributed by atoms with E-state index in [4.69, 9.17) is 0 Å². The standard InChI is InChI=1S/C7H14NPS/c1-5-8-7(9(3)4)10-6-2/h5-8H,1-2H2,3-4H3. The molecule has 3 heteroatoms. The van der Waals surface area contributed by atoms with Crippen molar-refractivity contribution in [1.82, 2.24) is 5.32 Å². The van der Waals surface area contributed by atoms with Gasteiger partial charge in [-0.3, -0.25) is 0 Å². The van der Waals surface area contributed by atoms with Crippen molar-refractivity contribution in [3.63, 3.8) is 0 Å². The topological polar surface area (TPSA) is 12.0 Å². The Morgan fingerprint density at radius 3 is 2.40 bits per heavy atom. The molecule has 1 nitrogen and oxygen atoms in total. The highest BCUT2D eigenvalue weighted by molar-refractivity contribution is 8.07. The van der Waals surface area contributed by atoms with Gasteiger partial charge < -0.3 is 5.32 Å². The van der Waals surface area contributed by atoms with Crippen LogP contribution in [-0.2, 0) is 0 Å². The first-order valence-electron chi connectivity index (χ1n) is 3.02. The number of thioether (sulfide) groups is 1. The van der Waals surface area contributed by atoms with Crippen molar-refractivity contribution >= 4 is 19.7 Å². The summed E-state index contributed by atoms with van der Waals surface area (Å²) in [6.45, 7) is 11.7. The van der Waals surface area contributed by atoms with Crippen molar-refractivity contribution < 1.29 is 0 Å². The number of nitrogens with one attached hydrogen (secondary N) is 1. The molecule has 0 rings (SSSR count). The van der Waals surface area contributed by atoms with Crippen molar-refractivity contribution in [1.29, 1.82) is 0 Å². The van der Waals surface area contributed by atoms with Crippen LogP contribution in [0.4, 0.5) is 0 Å². The van der Waals surface area contributed by atoms with Crippen molar-refractivity contribution in [2.24, 2.45) is 0 Å². The average molecular weight is 175 g/mol. The third kappa shape index (κ3) is 3.97. The van der Waals surface area contributed by atoms with E-state index in [1.165, 1.54) is 0 Å². The van der Waals surface area contributed by atoms with Gasteiger partial charge in [-0.1, -0.05) is 21.1 Å². The van der Waals surface area contributed by atoms with Crippen LogP contribution in [0.25, 0.3) is 0 Å². The molecule has 0 aliphatic rings. The minimum absolute atomic E-state index is 0.0337. The molecule has 1 unspecified atom stereocenters. The Morgan fingerprint density at radius 1 is 1.50 bits per heavy atom. The lowest BCUT2D eigenvalue weighted by Gasteiger charge is -2.18. The molecule has 0 amide bonds. The van der Waals surface area contributed by atoms with E-state index in [9.17, 15) is 0 Å². The van der Waals surface area contributed by atoms with Gasteiger partial charge in [0.1, 0.15) is 0 Å². The fraction of sp³-hybridized carbons (Fsp3) is 0.429. The first kappa shape index (κ1) is 10.1. The molecule has 0 radical (unpaired) electrons. The Hall–Kier alpha value is 0.0600. The van der Waals surface area contributed by atoms with Crippen LogP contribution < -0.4 is 5.32 Å². The second-order valence-electron chi connectivity index (χ2n) is 1.99. The van der Waals surface area contributed by atoms with E-state index in [1.54, 1.807) is 18.0 Å². The largest absolute Gasteiger partial charge is 0.376 e. The maximum absolute atomic E-state index is 3.66. The highest BCUT2D eigenvalue weighted by Crippen LogP contribution is 2.37. The van der Waals surface area contributed by atoms with Crippen LogP contribution in [0.15, 0.2) is 24.8 Å². The molecule has 10 heavy (non-hydrogen) atoms. The molecule has 1 atom stereocenters. The molecule has 0 saturated heterocycles. The highest BCUT2D eigenvalue weighted by Gasteiger charge is 2.07. The van der Waals surface area contributed by atoms with Gasteiger partial charge in [-0.2, -0.15) is 0 Å². The summed E-state index contributed by atoms with van der Waals surface area (Å²) < 4.78 is 0. The zero-order valence-corrected chi connectivity index (χ0v) is 8.21. The van der Waals surface area contributed by atoms with Crippen molar-refractivity contribution in [2.75, 3.05) is 13.3 Å². The lowest BCUT2D eigenvalue weighted by Crippen LogP contribution is -2.16. The first-order valence-corrected chi connectivity index (χ1v) is 6.27. The van der Waals surface area contributed by atoms with E-state index in [0.717, 1.165) is 0 Å². The molecule has 1 N–H and O–H groups in total. The summed E-state index contributed by atoms with van der Waals surface area (Å²) in [5, 5.41) is 5.51. The summed E-state index contributed by atoms with van der Waals surface area (Å²) in [6.07, 6.45) is 1.74. The monoisotopic (exact) mass is 175 g/mol. The normalized spacial score (nSPS) is 12.7. The molecule has 0 bridgehead atoms. The Balaban J connectivity index is 3.70. The maximum Gasteiger partial charge on any atom is 0.0947 e. The van der Waals surface area contributed by atoms with Gasteiger partial charge >= 0.3 is 0 Å². The van der Waals surface area contributed by atoms with Crippen molar-refractivity contribution in [3.8, 4) is 0 Å². The van der Waals surface area contributed by atoms with E-state index in [2.05, 4.69) is 31.8 Å². The van der Waals surface area contributed by atoms with Crippen molar-refractivity contribution in [2.45, 2.75) is 5.11 Å². The molecule has 0 spiro atoms. The molecule has 0 aromatic rings. The minimum atomic E-state index is 0.0337. The molecule has 0 saturated carbocycles. The minimum Gasteiger partial charge on any atom is -0.376 e. The van der Waals surface area contributed by atoms with Gasteiger partial charge in [-0.15, -0.1) is 11.8 Å². The van der Waals surface area contributed by atoms with Crippen LogP contribution in [0, 0.1) is 0 Å². The van der Waals surface area contributed by atoms with E-state index in [0.29, 0.717) is 5.11 Å². The lowest BCUT2D eigenvalue weighted by atomic mass is 11.0. The van der Waals surface area contributed by atoms with E-state index in [1.807, 2.05) is 5.41 Å². The molecule has 0 aromatic heterocycles. The third-order valence-electron chi connectivity index (χ3n) is 0.955. The number of hydrogen-bond donors (Lipinski definition) is 1.